The van der Waals surface area contributed by atoms with E-state index in [1.165, 1.54) is 41.8 Å². The molecule has 4 aromatic rings. The molecule has 0 spiro atoms. The average Bonchev–Trinajstić information content (AvgIpc) is 3.42. The molecule has 0 saturated carbocycles. The summed E-state index contributed by atoms with van der Waals surface area (Å²) < 4.78 is 18.7. The molecule has 1 heterocycles. The summed E-state index contributed by atoms with van der Waals surface area (Å²) in [5, 5.41) is 8.44. The molecule has 7 nitrogen and oxygen atoms in total. The van der Waals surface area contributed by atoms with Gasteiger partial charge in [0.15, 0.2) is 0 Å². The van der Waals surface area contributed by atoms with Gasteiger partial charge in [0.05, 0.1) is 11.8 Å². The van der Waals surface area contributed by atoms with Crippen LogP contribution in [0.2, 0.25) is 0 Å². The van der Waals surface area contributed by atoms with Gasteiger partial charge in [0.1, 0.15) is 17.3 Å². The number of carbonyl (C=O) groups is 3. The third-order valence-electron chi connectivity index (χ3n) is 4.87. The van der Waals surface area contributed by atoms with Crippen molar-refractivity contribution in [2.24, 2.45) is 5.10 Å². The Kier molecular flexibility index (Phi) is 8.30. The third kappa shape index (κ3) is 7.30. The van der Waals surface area contributed by atoms with Crippen molar-refractivity contribution in [3.63, 3.8) is 0 Å². The van der Waals surface area contributed by atoms with Gasteiger partial charge in [-0.05, 0) is 65.6 Å². The molecule has 2 amide bonds. The Morgan fingerprint density at radius 2 is 1.65 bits per heavy atom. The van der Waals surface area contributed by atoms with Gasteiger partial charge in [-0.1, -0.05) is 42.5 Å². The molecule has 9 heteroatoms. The Morgan fingerprint density at radius 3 is 2.41 bits per heavy atom. The number of amides is 2. The van der Waals surface area contributed by atoms with Crippen LogP contribution in [-0.4, -0.2) is 24.0 Å². The van der Waals surface area contributed by atoms with Crippen LogP contribution >= 0.6 is 11.3 Å². The van der Waals surface area contributed by atoms with Gasteiger partial charge in [-0.2, -0.15) is 5.10 Å². The number of benzene rings is 3. The fraction of sp³-hybridized carbons (Fsp3) is 0. The predicted octanol–water partition coefficient (Wildman–Crippen LogP) is 5.03. The molecule has 37 heavy (non-hydrogen) atoms. The Labute approximate surface area is 215 Å². The minimum atomic E-state index is -0.709. The summed E-state index contributed by atoms with van der Waals surface area (Å²) >= 11 is 1.41. The molecule has 0 unspecified atom stereocenters. The van der Waals surface area contributed by atoms with Gasteiger partial charge in [-0.15, -0.1) is 11.3 Å². The van der Waals surface area contributed by atoms with Crippen LogP contribution in [0.4, 0.5) is 4.39 Å². The number of rotatable bonds is 8. The number of nitrogens with one attached hydrogen (secondary N) is 2. The molecule has 0 atom stereocenters. The number of hydrazone groups is 1. The second-order valence-corrected chi connectivity index (χ2v) is 8.54. The highest BCUT2D eigenvalue weighted by molar-refractivity contribution is 7.10. The zero-order chi connectivity index (χ0) is 26.0. The Hall–Kier alpha value is -4.89. The number of ether oxygens (including phenoxy) is 1. The minimum absolute atomic E-state index is 0.0197. The van der Waals surface area contributed by atoms with Crippen LogP contribution in [0.15, 0.2) is 107 Å². The van der Waals surface area contributed by atoms with E-state index in [0.29, 0.717) is 11.1 Å². The average molecular weight is 514 g/mol. The van der Waals surface area contributed by atoms with Crippen molar-refractivity contribution in [1.29, 1.82) is 0 Å². The molecule has 0 aliphatic heterocycles. The molecule has 0 fully saturated rings. The third-order valence-corrected chi connectivity index (χ3v) is 5.69. The topological polar surface area (TPSA) is 96.9 Å². The van der Waals surface area contributed by atoms with Crippen LogP contribution in [0.1, 0.15) is 31.2 Å². The summed E-state index contributed by atoms with van der Waals surface area (Å²) in [5.41, 5.74) is 3.43. The molecule has 2 N–H and O–H groups in total. The number of nitrogens with zero attached hydrogens (tertiary/aromatic N) is 1. The lowest BCUT2D eigenvalue weighted by Crippen LogP contribution is -2.32. The first kappa shape index (κ1) is 25.2. The molecule has 0 saturated heterocycles. The summed E-state index contributed by atoms with van der Waals surface area (Å²) in [4.78, 5) is 38.5. The molecular formula is C28H20FN3O4S. The van der Waals surface area contributed by atoms with Crippen molar-refractivity contribution < 1.29 is 23.5 Å². The van der Waals surface area contributed by atoms with Crippen molar-refractivity contribution >= 4 is 41.4 Å². The van der Waals surface area contributed by atoms with Gasteiger partial charge in [0.25, 0.3) is 11.8 Å². The first-order valence-electron chi connectivity index (χ1n) is 11.0. The van der Waals surface area contributed by atoms with Gasteiger partial charge in [0, 0.05) is 10.4 Å². The van der Waals surface area contributed by atoms with Crippen LogP contribution in [-0.2, 0) is 4.79 Å². The number of carbonyl (C=O) groups excluding carboxylic acids is 3. The van der Waals surface area contributed by atoms with Gasteiger partial charge in [-0.25, -0.2) is 14.6 Å². The van der Waals surface area contributed by atoms with E-state index in [-0.39, 0.29) is 17.0 Å². The van der Waals surface area contributed by atoms with E-state index >= 15 is 0 Å². The summed E-state index contributed by atoms with van der Waals surface area (Å²) in [7, 11) is 0. The maximum Gasteiger partial charge on any atom is 0.343 e. The zero-order valence-corrected chi connectivity index (χ0v) is 20.1. The standard InChI is InChI=1S/C28H20FN3O4S/c29-22-11-5-10-21(16-22)28(35)36-23-12-4-7-19(15-23)18-30-32-27(34)25(17-24-13-6-14-37-24)31-26(33)20-8-2-1-3-9-20/h1-18H,(H,31,33)(H,32,34). The quantitative estimate of drug-likeness (QED) is 0.114. The van der Waals surface area contributed by atoms with Crippen molar-refractivity contribution in [2.75, 3.05) is 0 Å². The summed E-state index contributed by atoms with van der Waals surface area (Å²) in [6.07, 6.45) is 2.92. The van der Waals surface area contributed by atoms with E-state index in [4.69, 9.17) is 4.74 Å². The number of thiophene rings is 1. The highest BCUT2D eigenvalue weighted by Gasteiger charge is 2.15. The minimum Gasteiger partial charge on any atom is -0.423 e. The van der Waals surface area contributed by atoms with Crippen molar-refractivity contribution in [2.45, 2.75) is 0 Å². The smallest absolute Gasteiger partial charge is 0.343 e. The van der Waals surface area contributed by atoms with Gasteiger partial charge < -0.3 is 10.1 Å². The monoisotopic (exact) mass is 513 g/mol. The van der Waals surface area contributed by atoms with Gasteiger partial charge in [0.2, 0.25) is 0 Å². The Bertz CT molecular complexity index is 1470. The second-order valence-electron chi connectivity index (χ2n) is 7.57. The van der Waals surface area contributed by atoms with Crippen LogP contribution in [0.25, 0.3) is 6.08 Å². The molecule has 0 aliphatic carbocycles. The first-order chi connectivity index (χ1) is 18.0. The Balaban J connectivity index is 1.43. The number of esters is 1. The predicted molar refractivity (Wildman–Crippen MR) is 140 cm³/mol. The normalized spacial score (nSPS) is 11.2. The number of hydrogen-bond donors (Lipinski definition) is 2. The lowest BCUT2D eigenvalue weighted by molar-refractivity contribution is -0.117. The van der Waals surface area contributed by atoms with Crippen LogP contribution < -0.4 is 15.5 Å². The molecule has 184 valence electrons. The molecule has 0 radical (unpaired) electrons. The fourth-order valence-corrected chi connectivity index (χ4v) is 3.78. The molecule has 1 aromatic heterocycles. The summed E-state index contributed by atoms with van der Waals surface area (Å²) in [5.74, 6) is -2.09. The van der Waals surface area contributed by atoms with Crippen LogP contribution in [0.5, 0.6) is 5.75 Å². The second kappa shape index (κ2) is 12.2. The zero-order valence-electron chi connectivity index (χ0n) is 19.3. The lowest BCUT2D eigenvalue weighted by atomic mass is 10.2. The highest BCUT2D eigenvalue weighted by atomic mass is 32.1. The first-order valence-corrected chi connectivity index (χ1v) is 11.9. The van der Waals surface area contributed by atoms with Gasteiger partial charge in [-0.3, -0.25) is 9.59 Å². The highest BCUT2D eigenvalue weighted by Crippen LogP contribution is 2.16. The maximum atomic E-state index is 13.4. The van der Waals surface area contributed by atoms with Crippen molar-refractivity contribution in [3.05, 3.63) is 129 Å². The fourth-order valence-electron chi connectivity index (χ4n) is 3.12. The molecule has 4 rings (SSSR count). The number of hydrogen-bond acceptors (Lipinski definition) is 6. The lowest BCUT2D eigenvalue weighted by Gasteiger charge is -2.09. The van der Waals surface area contributed by atoms with E-state index in [9.17, 15) is 18.8 Å². The molecular weight excluding hydrogens is 493 g/mol. The maximum absolute atomic E-state index is 13.4. The van der Waals surface area contributed by atoms with Crippen molar-refractivity contribution in [1.82, 2.24) is 10.7 Å². The van der Waals surface area contributed by atoms with E-state index in [1.54, 1.807) is 54.6 Å². The van der Waals surface area contributed by atoms with E-state index in [2.05, 4.69) is 15.8 Å². The largest absolute Gasteiger partial charge is 0.423 e. The SMILES string of the molecule is O=C(NN=Cc1cccc(OC(=O)c2cccc(F)c2)c1)C(=Cc1cccs1)NC(=O)c1ccccc1. The van der Waals surface area contributed by atoms with Crippen molar-refractivity contribution in [3.8, 4) is 5.75 Å². The van der Waals surface area contributed by atoms with E-state index in [1.807, 2.05) is 17.5 Å². The van der Waals surface area contributed by atoms with Crippen LogP contribution in [0, 0.1) is 5.82 Å². The summed E-state index contributed by atoms with van der Waals surface area (Å²) in [6.45, 7) is 0. The molecule has 3 aromatic carbocycles. The summed E-state index contributed by atoms with van der Waals surface area (Å²) in [6, 6.07) is 23.8. The Morgan fingerprint density at radius 1 is 0.865 bits per heavy atom. The molecule has 0 bridgehead atoms. The van der Waals surface area contributed by atoms with E-state index < -0.39 is 23.6 Å². The van der Waals surface area contributed by atoms with E-state index in [0.717, 1.165) is 10.9 Å². The molecule has 0 aliphatic rings. The van der Waals surface area contributed by atoms with Gasteiger partial charge >= 0.3 is 5.97 Å². The number of halogens is 1. The van der Waals surface area contributed by atoms with Crippen LogP contribution in [0.3, 0.4) is 0 Å².